The predicted octanol–water partition coefficient (Wildman–Crippen LogP) is 12.4. The number of nitrogens with zero attached hydrogens (tertiary/aromatic N) is 1. The topological polar surface area (TPSA) is 45.7 Å². The van der Waals surface area contributed by atoms with Crippen LogP contribution in [0.3, 0.4) is 0 Å². The lowest BCUT2D eigenvalue weighted by Crippen LogP contribution is -2.23. The Morgan fingerprint density at radius 1 is 0.729 bits per heavy atom. The summed E-state index contributed by atoms with van der Waals surface area (Å²) in [6, 6.07) is 38.4. The molecule has 0 saturated carbocycles. The maximum absolute atomic E-state index is 10.0. The third-order valence-corrected chi connectivity index (χ3v) is 9.98. The fraction of sp³-hybridized carbons (Fsp3) is 0.133. The van der Waals surface area contributed by atoms with E-state index in [1.807, 2.05) is 18.2 Å². The molecule has 0 amide bonds. The van der Waals surface area contributed by atoms with Gasteiger partial charge in [-0.05, 0) is 97.8 Å². The predicted molar refractivity (Wildman–Crippen MR) is 203 cm³/mol. The van der Waals surface area contributed by atoms with Crippen molar-refractivity contribution in [3.63, 3.8) is 0 Å². The van der Waals surface area contributed by atoms with Gasteiger partial charge >= 0.3 is 0 Å². The molecule has 0 radical (unpaired) electrons. The van der Waals surface area contributed by atoms with Crippen LogP contribution in [0.15, 0.2) is 166 Å². The van der Waals surface area contributed by atoms with E-state index in [0.717, 1.165) is 55.5 Å². The van der Waals surface area contributed by atoms with Crippen molar-refractivity contribution in [2.75, 3.05) is 0 Å². The van der Waals surface area contributed by atoms with E-state index in [2.05, 4.69) is 124 Å². The average molecular weight is 624 g/mol. The lowest BCUT2D eigenvalue weighted by Gasteiger charge is -2.33. The van der Waals surface area contributed by atoms with Crippen LogP contribution >= 0.6 is 0 Å². The van der Waals surface area contributed by atoms with Gasteiger partial charge < -0.3 is 9.52 Å². The number of allylic oxidation sites excluding steroid dienone is 3. The Morgan fingerprint density at radius 3 is 1.94 bits per heavy atom. The molecule has 1 aromatic heterocycles. The Bertz CT molecular complexity index is 2520. The Morgan fingerprint density at radius 2 is 1.29 bits per heavy atom. The molecule has 0 bridgehead atoms. The minimum atomic E-state index is -0.299. The minimum Gasteiger partial charge on any atom is -0.509 e. The van der Waals surface area contributed by atoms with Gasteiger partial charge in [0.05, 0.1) is 5.71 Å². The molecule has 0 saturated heterocycles. The molecule has 7 aromatic rings. The van der Waals surface area contributed by atoms with Crippen LogP contribution in [-0.2, 0) is 0 Å². The van der Waals surface area contributed by atoms with Crippen molar-refractivity contribution in [2.45, 2.75) is 26.8 Å². The van der Waals surface area contributed by atoms with Gasteiger partial charge in [-0.3, -0.25) is 4.99 Å². The molecule has 8 rings (SSSR count). The summed E-state index contributed by atoms with van der Waals surface area (Å²) in [5, 5.41) is 19.6. The highest BCUT2D eigenvalue weighted by atomic mass is 16.3. The summed E-state index contributed by atoms with van der Waals surface area (Å²) in [5.41, 5.74) is 7.93. The quantitative estimate of drug-likeness (QED) is 0.114. The molecule has 6 aromatic carbocycles. The van der Waals surface area contributed by atoms with E-state index in [-0.39, 0.29) is 23.6 Å². The summed E-state index contributed by atoms with van der Waals surface area (Å²) in [4.78, 5) is 5.51. The number of hydrogen-bond acceptors (Lipinski definition) is 3. The Hall–Kier alpha value is -5.67. The number of aliphatic hydroxyl groups is 1. The molecule has 2 atom stereocenters. The maximum atomic E-state index is 10.0. The second kappa shape index (κ2) is 11.5. The number of furan rings is 1. The van der Waals surface area contributed by atoms with E-state index in [1.165, 1.54) is 32.3 Å². The van der Waals surface area contributed by atoms with Gasteiger partial charge in [0.25, 0.3) is 0 Å². The largest absolute Gasteiger partial charge is 0.509 e. The molecule has 0 fully saturated rings. The molecular weight excluding hydrogens is 587 g/mol. The Labute approximate surface area is 280 Å². The van der Waals surface area contributed by atoms with Gasteiger partial charge in [-0.25, -0.2) is 0 Å². The number of fused-ring (bicyclic) bond motifs is 9. The van der Waals surface area contributed by atoms with E-state index in [1.54, 1.807) is 6.08 Å². The second-order valence-corrected chi connectivity index (χ2v) is 13.3. The molecule has 48 heavy (non-hydrogen) atoms. The Kier molecular flexibility index (Phi) is 7.14. The van der Waals surface area contributed by atoms with Crippen molar-refractivity contribution < 1.29 is 9.52 Å². The fourth-order valence-electron chi connectivity index (χ4n) is 7.69. The summed E-state index contributed by atoms with van der Waals surface area (Å²) in [5.74, 6) is 0.274. The average Bonchev–Trinajstić information content (AvgIpc) is 3.47. The third kappa shape index (κ3) is 4.77. The van der Waals surface area contributed by atoms with Crippen molar-refractivity contribution in [3.05, 3.63) is 168 Å². The van der Waals surface area contributed by atoms with Crippen LogP contribution in [-0.4, -0.2) is 10.8 Å². The lowest BCUT2D eigenvalue weighted by atomic mass is 9.75. The van der Waals surface area contributed by atoms with Crippen LogP contribution in [0, 0.1) is 11.8 Å². The van der Waals surface area contributed by atoms with E-state index in [4.69, 9.17) is 16.0 Å². The zero-order chi connectivity index (χ0) is 33.1. The van der Waals surface area contributed by atoms with E-state index in [9.17, 15) is 5.11 Å². The smallest absolute Gasteiger partial charge is 0.136 e. The molecule has 1 aliphatic rings. The standard InChI is InChI=1S/C45H37NO2/c1-26(2)32(21-18-27(3)47)43-28(4)44(46-45(29(43)5)31-20-23-39-38-16-10-11-17-41(38)48-42(39)25-31)30-19-22-37-35-14-7-6-12-33(35)34-13-8-9-15-36(34)40(37)24-30/h6-26,32,44,47H,3-4H2,1-2,5H3. The fourth-order valence-corrected chi connectivity index (χ4v) is 7.69. The van der Waals surface area contributed by atoms with Crippen LogP contribution in [0.25, 0.3) is 54.3 Å². The van der Waals surface area contributed by atoms with Crippen molar-refractivity contribution in [3.8, 4) is 0 Å². The number of benzene rings is 6. The highest BCUT2D eigenvalue weighted by molar-refractivity contribution is 6.25. The number of aliphatic imine (C=N–C) groups is 1. The SMILES string of the molecule is C=C(O)C=CC(C1=C(C)C(c2ccc3c(c2)oc2ccccc23)=NC(c2ccc3c4ccccc4c4ccccc4c3c2)C1=C)C(C)C. The number of aliphatic hydroxyl groups excluding tert-OH is 1. The first kappa shape index (κ1) is 29.7. The van der Waals surface area contributed by atoms with Crippen LogP contribution in [0.4, 0.5) is 0 Å². The van der Waals surface area contributed by atoms with E-state index in [0.29, 0.717) is 0 Å². The van der Waals surface area contributed by atoms with Gasteiger partial charge in [0, 0.05) is 22.3 Å². The number of rotatable bonds is 6. The van der Waals surface area contributed by atoms with E-state index >= 15 is 0 Å². The summed E-state index contributed by atoms with van der Waals surface area (Å²) < 4.78 is 6.32. The number of para-hydroxylation sites is 1. The number of hydrogen-bond donors (Lipinski definition) is 1. The maximum Gasteiger partial charge on any atom is 0.136 e. The van der Waals surface area contributed by atoms with Crippen molar-refractivity contribution in [1.29, 1.82) is 0 Å². The summed E-state index contributed by atoms with van der Waals surface area (Å²) in [7, 11) is 0. The van der Waals surface area contributed by atoms with Crippen molar-refractivity contribution in [1.82, 2.24) is 0 Å². The highest BCUT2D eigenvalue weighted by Crippen LogP contribution is 2.45. The minimum absolute atomic E-state index is 0.00504. The third-order valence-electron chi connectivity index (χ3n) is 9.98. The van der Waals surface area contributed by atoms with E-state index < -0.39 is 0 Å². The lowest BCUT2D eigenvalue weighted by molar-refractivity contribution is 0.433. The molecular formula is C45H37NO2. The zero-order valence-electron chi connectivity index (χ0n) is 27.5. The van der Waals surface area contributed by atoms with Gasteiger partial charge in [0.15, 0.2) is 0 Å². The van der Waals surface area contributed by atoms with Gasteiger partial charge in [0.2, 0.25) is 0 Å². The van der Waals surface area contributed by atoms with Crippen molar-refractivity contribution >= 4 is 60.0 Å². The Balaban J connectivity index is 1.36. The molecule has 3 nitrogen and oxygen atoms in total. The van der Waals surface area contributed by atoms with Crippen LogP contribution in [0.2, 0.25) is 0 Å². The van der Waals surface area contributed by atoms with Crippen LogP contribution < -0.4 is 0 Å². The molecule has 1 N–H and O–H groups in total. The summed E-state index contributed by atoms with van der Waals surface area (Å²) in [6.45, 7) is 15.0. The molecule has 0 aliphatic carbocycles. The highest BCUT2D eigenvalue weighted by Gasteiger charge is 2.32. The van der Waals surface area contributed by atoms with Crippen molar-refractivity contribution in [2.24, 2.45) is 16.8 Å². The first-order valence-electron chi connectivity index (χ1n) is 16.6. The molecule has 0 spiro atoms. The number of dihydropyridines is 1. The van der Waals surface area contributed by atoms with Gasteiger partial charge in [0.1, 0.15) is 23.0 Å². The summed E-state index contributed by atoms with van der Waals surface area (Å²) >= 11 is 0. The van der Waals surface area contributed by atoms with Gasteiger partial charge in [-0.15, -0.1) is 0 Å². The second-order valence-electron chi connectivity index (χ2n) is 13.3. The first-order chi connectivity index (χ1) is 23.3. The van der Waals surface area contributed by atoms with Crippen LogP contribution in [0.1, 0.15) is 37.9 Å². The molecule has 234 valence electrons. The van der Waals surface area contributed by atoms with Gasteiger partial charge in [-0.2, -0.15) is 0 Å². The normalized spacial score (nSPS) is 16.3. The van der Waals surface area contributed by atoms with Gasteiger partial charge in [-0.1, -0.05) is 118 Å². The molecule has 2 unspecified atom stereocenters. The molecule has 1 aliphatic heterocycles. The zero-order valence-corrected chi connectivity index (χ0v) is 27.5. The monoisotopic (exact) mass is 623 g/mol. The molecule has 3 heteroatoms. The molecule has 2 heterocycles. The summed E-state index contributed by atoms with van der Waals surface area (Å²) in [6.07, 6.45) is 3.76. The first-order valence-corrected chi connectivity index (χ1v) is 16.6. The van der Waals surface area contributed by atoms with Crippen LogP contribution in [0.5, 0.6) is 0 Å².